The number of benzene rings is 1. The maximum atomic E-state index is 5.95. The number of aromatic nitrogens is 2. The number of imidazole rings is 1. The van der Waals surface area contributed by atoms with Gasteiger partial charge in [-0.1, -0.05) is 17.7 Å². The molecule has 100 valence electrons. The lowest BCUT2D eigenvalue weighted by Gasteiger charge is -2.27. The predicted molar refractivity (Wildman–Crippen MR) is 77.4 cm³/mol. The molecule has 5 heteroatoms. The van der Waals surface area contributed by atoms with Crippen LogP contribution in [-0.2, 0) is 13.1 Å². The minimum absolute atomic E-state index is 0.769. The zero-order valence-corrected chi connectivity index (χ0v) is 11.5. The number of anilines is 1. The molecule has 19 heavy (non-hydrogen) atoms. The van der Waals surface area contributed by atoms with Gasteiger partial charge in [-0.25, -0.2) is 4.98 Å². The molecule has 0 fully saturated rings. The summed E-state index contributed by atoms with van der Waals surface area (Å²) >= 11 is 5.95. The SMILES string of the molecule is Clc1cccc(NCCN2CCn3ccnc3C2)c1. The van der Waals surface area contributed by atoms with Crippen molar-refractivity contribution in [2.45, 2.75) is 13.1 Å². The third-order valence-electron chi connectivity index (χ3n) is 3.41. The maximum absolute atomic E-state index is 5.95. The Bertz CT molecular complexity index is 552. The van der Waals surface area contributed by atoms with Crippen LogP contribution in [0.4, 0.5) is 5.69 Å². The van der Waals surface area contributed by atoms with Gasteiger partial charge >= 0.3 is 0 Å². The molecular formula is C14H17ClN4. The first kappa shape index (κ1) is 12.5. The first-order valence-electron chi connectivity index (χ1n) is 6.53. The summed E-state index contributed by atoms with van der Waals surface area (Å²) in [6.07, 6.45) is 3.93. The van der Waals surface area contributed by atoms with Gasteiger partial charge in [0, 0.05) is 49.3 Å². The van der Waals surface area contributed by atoms with E-state index in [1.165, 1.54) is 0 Å². The smallest absolute Gasteiger partial charge is 0.122 e. The normalized spacial score (nSPS) is 15.2. The molecular weight excluding hydrogens is 260 g/mol. The van der Waals surface area contributed by atoms with Crippen LogP contribution in [0.3, 0.4) is 0 Å². The molecule has 0 aliphatic carbocycles. The number of nitrogens with zero attached hydrogens (tertiary/aromatic N) is 3. The molecule has 2 aromatic rings. The second-order valence-electron chi connectivity index (χ2n) is 4.75. The third kappa shape index (κ3) is 3.08. The lowest BCUT2D eigenvalue weighted by atomic mass is 10.3. The van der Waals surface area contributed by atoms with Gasteiger partial charge in [0.2, 0.25) is 0 Å². The van der Waals surface area contributed by atoms with Gasteiger partial charge < -0.3 is 9.88 Å². The minimum Gasteiger partial charge on any atom is -0.384 e. The molecule has 4 nitrogen and oxygen atoms in total. The van der Waals surface area contributed by atoms with Gasteiger partial charge in [0.15, 0.2) is 0 Å². The van der Waals surface area contributed by atoms with Gasteiger partial charge in [0.25, 0.3) is 0 Å². The van der Waals surface area contributed by atoms with E-state index in [1.54, 1.807) is 0 Å². The van der Waals surface area contributed by atoms with Gasteiger partial charge in [0.05, 0.1) is 6.54 Å². The molecule has 1 aromatic heterocycles. The number of rotatable bonds is 4. The molecule has 0 radical (unpaired) electrons. The predicted octanol–water partition coefficient (Wildman–Crippen LogP) is 2.46. The van der Waals surface area contributed by atoms with E-state index in [0.29, 0.717) is 0 Å². The Kier molecular flexibility index (Phi) is 3.71. The fourth-order valence-electron chi connectivity index (χ4n) is 2.37. The maximum Gasteiger partial charge on any atom is 0.122 e. The first-order valence-corrected chi connectivity index (χ1v) is 6.91. The molecule has 0 bridgehead atoms. The zero-order chi connectivity index (χ0) is 13.1. The standard InChI is InChI=1S/C14H17ClN4/c15-12-2-1-3-13(10-12)16-4-6-18-8-9-19-7-5-17-14(19)11-18/h1-3,5,7,10,16H,4,6,8-9,11H2. The topological polar surface area (TPSA) is 33.1 Å². The van der Waals surface area contributed by atoms with Gasteiger partial charge in [-0.05, 0) is 18.2 Å². The van der Waals surface area contributed by atoms with E-state index in [9.17, 15) is 0 Å². The Morgan fingerprint density at radius 3 is 3.16 bits per heavy atom. The molecule has 2 heterocycles. The Labute approximate surface area is 118 Å². The van der Waals surface area contributed by atoms with Crippen molar-refractivity contribution in [1.29, 1.82) is 0 Å². The van der Waals surface area contributed by atoms with Crippen molar-refractivity contribution in [3.05, 3.63) is 47.5 Å². The number of halogens is 1. The molecule has 1 aliphatic rings. The van der Waals surface area contributed by atoms with Crippen LogP contribution in [0.5, 0.6) is 0 Å². The fourth-order valence-corrected chi connectivity index (χ4v) is 2.56. The van der Waals surface area contributed by atoms with Crippen LogP contribution < -0.4 is 5.32 Å². The molecule has 0 unspecified atom stereocenters. The van der Waals surface area contributed by atoms with Crippen LogP contribution >= 0.6 is 11.6 Å². The average molecular weight is 277 g/mol. The van der Waals surface area contributed by atoms with E-state index >= 15 is 0 Å². The summed E-state index contributed by atoms with van der Waals surface area (Å²) in [5.74, 6) is 1.16. The fraction of sp³-hybridized carbons (Fsp3) is 0.357. The molecule has 1 aromatic carbocycles. The highest BCUT2D eigenvalue weighted by Crippen LogP contribution is 2.15. The van der Waals surface area contributed by atoms with Crippen LogP contribution in [0, 0.1) is 0 Å². The summed E-state index contributed by atoms with van der Waals surface area (Å²) in [6, 6.07) is 7.83. The van der Waals surface area contributed by atoms with E-state index in [-0.39, 0.29) is 0 Å². The monoisotopic (exact) mass is 276 g/mol. The second kappa shape index (κ2) is 5.63. The Morgan fingerprint density at radius 2 is 2.26 bits per heavy atom. The van der Waals surface area contributed by atoms with E-state index < -0.39 is 0 Å². The van der Waals surface area contributed by atoms with Crippen molar-refractivity contribution >= 4 is 17.3 Å². The molecule has 0 saturated carbocycles. The van der Waals surface area contributed by atoms with E-state index in [1.807, 2.05) is 30.5 Å². The molecule has 1 aliphatic heterocycles. The summed E-state index contributed by atoms with van der Waals surface area (Å²) in [4.78, 5) is 6.78. The molecule has 3 rings (SSSR count). The summed E-state index contributed by atoms with van der Waals surface area (Å²) in [6.45, 7) is 4.98. The number of fused-ring (bicyclic) bond motifs is 1. The van der Waals surface area contributed by atoms with Gasteiger partial charge in [0.1, 0.15) is 5.82 Å². The highest BCUT2D eigenvalue weighted by atomic mass is 35.5. The molecule has 1 N–H and O–H groups in total. The lowest BCUT2D eigenvalue weighted by Crippen LogP contribution is -2.36. The van der Waals surface area contributed by atoms with Crippen LogP contribution in [0.25, 0.3) is 0 Å². The molecule has 0 amide bonds. The summed E-state index contributed by atoms with van der Waals surface area (Å²) in [5, 5.41) is 4.17. The minimum atomic E-state index is 0.769. The van der Waals surface area contributed by atoms with Crippen LogP contribution in [0.2, 0.25) is 5.02 Å². The molecule has 0 saturated heterocycles. The van der Waals surface area contributed by atoms with Crippen molar-refractivity contribution in [2.75, 3.05) is 25.0 Å². The number of hydrogen-bond donors (Lipinski definition) is 1. The van der Waals surface area contributed by atoms with Crippen LogP contribution in [0.1, 0.15) is 5.82 Å². The largest absolute Gasteiger partial charge is 0.384 e. The van der Waals surface area contributed by atoms with Gasteiger partial charge in [-0.15, -0.1) is 0 Å². The summed E-state index contributed by atoms with van der Waals surface area (Å²) in [7, 11) is 0. The Morgan fingerprint density at radius 1 is 1.32 bits per heavy atom. The van der Waals surface area contributed by atoms with E-state index in [4.69, 9.17) is 11.6 Å². The second-order valence-corrected chi connectivity index (χ2v) is 5.19. The highest BCUT2D eigenvalue weighted by Gasteiger charge is 2.15. The zero-order valence-electron chi connectivity index (χ0n) is 10.7. The summed E-state index contributed by atoms with van der Waals surface area (Å²) in [5.41, 5.74) is 1.08. The Hall–Kier alpha value is -1.52. The van der Waals surface area contributed by atoms with Crippen molar-refractivity contribution in [2.24, 2.45) is 0 Å². The van der Waals surface area contributed by atoms with Crippen molar-refractivity contribution in [1.82, 2.24) is 14.5 Å². The van der Waals surface area contributed by atoms with E-state index in [0.717, 1.165) is 49.3 Å². The first-order chi connectivity index (χ1) is 9.31. The van der Waals surface area contributed by atoms with Crippen LogP contribution in [0.15, 0.2) is 36.7 Å². The number of nitrogens with one attached hydrogen (secondary N) is 1. The lowest BCUT2D eigenvalue weighted by molar-refractivity contribution is 0.225. The van der Waals surface area contributed by atoms with Crippen molar-refractivity contribution in [3.63, 3.8) is 0 Å². The van der Waals surface area contributed by atoms with Gasteiger partial charge in [-0.2, -0.15) is 0 Å². The molecule has 0 spiro atoms. The van der Waals surface area contributed by atoms with Crippen LogP contribution in [-0.4, -0.2) is 34.1 Å². The highest BCUT2D eigenvalue weighted by molar-refractivity contribution is 6.30. The summed E-state index contributed by atoms with van der Waals surface area (Å²) < 4.78 is 2.22. The van der Waals surface area contributed by atoms with Crippen molar-refractivity contribution in [3.8, 4) is 0 Å². The molecule has 0 atom stereocenters. The average Bonchev–Trinajstić information content (AvgIpc) is 2.86. The quantitative estimate of drug-likeness (QED) is 0.931. The Balaban J connectivity index is 1.49. The van der Waals surface area contributed by atoms with Crippen molar-refractivity contribution < 1.29 is 0 Å². The van der Waals surface area contributed by atoms with Gasteiger partial charge in [-0.3, -0.25) is 4.90 Å². The van der Waals surface area contributed by atoms with E-state index in [2.05, 4.69) is 26.0 Å². The number of hydrogen-bond acceptors (Lipinski definition) is 3. The third-order valence-corrected chi connectivity index (χ3v) is 3.64.